The number of hydrogen-bond donors (Lipinski definition) is 6. The zero-order chi connectivity index (χ0) is 51.5. The molecule has 0 radical (unpaired) electrons. The van der Waals surface area contributed by atoms with E-state index in [9.17, 15) is 30.3 Å². The number of carbonyl (C=O) groups is 1. The molecule has 71 heavy (non-hydrogen) atoms. The van der Waals surface area contributed by atoms with E-state index in [0.717, 1.165) is 38.5 Å². The van der Waals surface area contributed by atoms with Crippen molar-refractivity contribution in [3.05, 3.63) is 24.3 Å². The Morgan fingerprint density at radius 2 is 0.803 bits per heavy atom. The number of carbonyl (C=O) groups excluding carboxylic acids is 1. The summed E-state index contributed by atoms with van der Waals surface area (Å²) < 4.78 is 11.3. The van der Waals surface area contributed by atoms with E-state index >= 15 is 0 Å². The number of nitrogens with one attached hydrogen (secondary N) is 1. The molecule has 1 fully saturated rings. The molecular weight excluding hydrogens is 887 g/mol. The summed E-state index contributed by atoms with van der Waals surface area (Å²) >= 11 is 0. The number of aliphatic hydroxyl groups excluding tert-OH is 5. The number of ether oxygens (including phenoxy) is 2. The highest BCUT2D eigenvalue weighted by Gasteiger charge is 2.44. The van der Waals surface area contributed by atoms with Crippen LogP contribution >= 0.6 is 0 Å². The van der Waals surface area contributed by atoms with Crippen LogP contribution in [0.5, 0.6) is 0 Å². The maximum Gasteiger partial charge on any atom is 0.220 e. The topological polar surface area (TPSA) is 149 Å². The summed E-state index contributed by atoms with van der Waals surface area (Å²) in [6, 6.07) is -0.818. The number of amides is 1. The highest BCUT2D eigenvalue weighted by Crippen LogP contribution is 2.23. The van der Waals surface area contributed by atoms with Gasteiger partial charge in [0.1, 0.15) is 24.4 Å². The summed E-state index contributed by atoms with van der Waals surface area (Å²) in [6.07, 6.45) is 59.9. The van der Waals surface area contributed by atoms with E-state index in [1.165, 1.54) is 250 Å². The summed E-state index contributed by atoms with van der Waals surface area (Å²) in [6.45, 7) is 3.80. The van der Waals surface area contributed by atoms with Gasteiger partial charge in [-0.2, -0.15) is 0 Å². The lowest BCUT2D eigenvalue weighted by Gasteiger charge is -2.40. The molecule has 1 aliphatic heterocycles. The monoisotopic (exact) mass is 1010 g/mol. The molecule has 6 N–H and O–H groups in total. The average molecular weight is 1010 g/mol. The highest BCUT2D eigenvalue weighted by atomic mass is 16.7. The van der Waals surface area contributed by atoms with Gasteiger partial charge in [0.25, 0.3) is 0 Å². The van der Waals surface area contributed by atoms with Crippen LogP contribution in [0.4, 0.5) is 0 Å². The van der Waals surface area contributed by atoms with Gasteiger partial charge in [-0.05, 0) is 32.1 Å². The van der Waals surface area contributed by atoms with Crippen LogP contribution in [0.1, 0.15) is 309 Å². The molecule has 7 atom stereocenters. The van der Waals surface area contributed by atoms with Crippen molar-refractivity contribution in [1.29, 1.82) is 0 Å². The van der Waals surface area contributed by atoms with Crippen LogP contribution in [0.3, 0.4) is 0 Å². The van der Waals surface area contributed by atoms with Crippen molar-refractivity contribution in [3.63, 3.8) is 0 Å². The first-order valence-electron chi connectivity index (χ1n) is 31.1. The average Bonchev–Trinajstić information content (AvgIpc) is 3.37. The van der Waals surface area contributed by atoms with Gasteiger partial charge in [0.2, 0.25) is 5.91 Å². The molecule has 7 unspecified atom stereocenters. The molecular formula is C62H119NO8. The fourth-order valence-corrected chi connectivity index (χ4v) is 10.1. The molecule has 420 valence electrons. The first-order valence-corrected chi connectivity index (χ1v) is 31.1. The third-order valence-corrected chi connectivity index (χ3v) is 15.0. The van der Waals surface area contributed by atoms with Crippen molar-refractivity contribution in [2.24, 2.45) is 0 Å². The van der Waals surface area contributed by atoms with Crippen LogP contribution in [-0.4, -0.2) is 87.5 Å². The smallest absolute Gasteiger partial charge is 0.220 e. The summed E-state index contributed by atoms with van der Waals surface area (Å²) in [7, 11) is 0. The van der Waals surface area contributed by atoms with Crippen molar-refractivity contribution in [1.82, 2.24) is 5.32 Å². The fourth-order valence-electron chi connectivity index (χ4n) is 10.1. The molecule has 1 rings (SSSR count). The SMILES string of the molecule is CCCCCCCCCCCCC/C=C/CC/C=C/C(O)C(COC1OC(CO)C(O)C(O)C1O)NC(=O)CCCCCCCCCCCCCCCCCCCCCCCCCCCCCCCCC. The van der Waals surface area contributed by atoms with Crippen LogP contribution in [0.25, 0.3) is 0 Å². The minimum Gasteiger partial charge on any atom is -0.394 e. The molecule has 1 heterocycles. The lowest BCUT2D eigenvalue weighted by Crippen LogP contribution is -2.60. The van der Waals surface area contributed by atoms with Crippen LogP contribution < -0.4 is 5.32 Å². The molecule has 1 amide bonds. The van der Waals surface area contributed by atoms with Gasteiger partial charge in [0.15, 0.2) is 6.29 Å². The number of unbranched alkanes of at least 4 members (excludes halogenated alkanes) is 42. The van der Waals surface area contributed by atoms with Gasteiger partial charge in [-0.15, -0.1) is 0 Å². The summed E-state index contributed by atoms with van der Waals surface area (Å²) in [5, 5.41) is 54.5. The second-order valence-electron chi connectivity index (χ2n) is 21.9. The maximum absolute atomic E-state index is 13.1. The molecule has 0 aromatic carbocycles. The zero-order valence-corrected chi connectivity index (χ0v) is 46.8. The Morgan fingerprint density at radius 1 is 0.465 bits per heavy atom. The molecule has 0 aliphatic carbocycles. The molecule has 9 nitrogen and oxygen atoms in total. The van der Waals surface area contributed by atoms with E-state index < -0.39 is 49.5 Å². The van der Waals surface area contributed by atoms with Crippen LogP contribution in [0, 0.1) is 0 Å². The molecule has 0 bridgehead atoms. The van der Waals surface area contributed by atoms with E-state index in [1.807, 2.05) is 6.08 Å². The zero-order valence-electron chi connectivity index (χ0n) is 46.8. The molecule has 9 heteroatoms. The lowest BCUT2D eigenvalue weighted by molar-refractivity contribution is -0.302. The molecule has 1 saturated heterocycles. The van der Waals surface area contributed by atoms with Crippen LogP contribution in [-0.2, 0) is 14.3 Å². The first kappa shape index (κ1) is 67.7. The predicted molar refractivity (Wildman–Crippen MR) is 300 cm³/mol. The van der Waals surface area contributed by atoms with Crippen LogP contribution in [0.2, 0.25) is 0 Å². The standard InChI is InChI=1S/C62H119NO8/c1-3-5-7-9-11-13-15-17-19-21-22-23-24-25-26-27-28-29-30-31-32-33-34-36-38-40-42-44-46-48-50-52-58(66)63-55(54-70-62-61(69)60(68)59(67)57(53-64)71-62)56(65)51-49-47-45-43-41-39-37-35-20-18-16-14-12-10-8-6-4-2/h41,43,49,51,55-57,59-62,64-65,67-69H,3-40,42,44-48,50,52-54H2,1-2H3,(H,63,66)/b43-41+,51-49+. The quantitative estimate of drug-likeness (QED) is 0.0261. The molecule has 0 aromatic rings. The van der Waals surface area contributed by atoms with Crippen molar-refractivity contribution in [2.75, 3.05) is 13.2 Å². The van der Waals surface area contributed by atoms with E-state index in [-0.39, 0.29) is 12.5 Å². The minimum absolute atomic E-state index is 0.180. The largest absolute Gasteiger partial charge is 0.394 e. The number of rotatable bonds is 54. The highest BCUT2D eigenvalue weighted by molar-refractivity contribution is 5.76. The third kappa shape index (κ3) is 41.6. The summed E-state index contributed by atoms with van der Waals surface area (Å²) in [4.78, 5) is 13.1. The van der Waals surface area contributed by atoms with Gasteiger partial charge < -0.3 is 40.3 Å². The van der Waals surface area contributed by atoms with Gasteiger partial charge in [0.05, 0.1) is 25.4 Å². The molecule has 1 aliphatic rings. The molecule has 0 aromatic heterocycles. The summed E-state index contributed by atoms with van der Waals surface area (Å²) in [5.41, 5.74) is 0. The van der Waals surface area contributed by atoms with Crippen molar-refractivity contribution < 1.29 is 39.8 Å². The Morgan fingerprint density at radius 3 is 1.18 bits per heavy atom. The van der Waals surface area contributed by atoms with Crippen molar-refractivity contribution in [3.8, 4) is 0 Å². The summed E-state index contributed by atoms with van der Waals surface area (Å²) in [5.74, 6) is -0.180. The van der Waals surface area contributed by atoms with E-state index in [2.05, 4.69) is 31.3 Å². The predicted octanol–water partition coefficient (Wildman–Crippen LogP) is 15.7. The van der Waals surface area contributed by atoms with E-state index in [1.54, 1.807) is 6.08 Å². The lowest BCUT2D eigenvalue weighted by atomic mass is 9.99. The molecule has 0 saturated carbocycles. The minimum atomic E-state index is -1.57. The number of hydrogen-bond acceptors (Lipinski definition) is 8. The normalized spacial score (nSPS) is 19.3. The maximum atomic E-state index is 13.1. The van der Waals surface area contributed by atoms with Crippen molar-refractivity contribution >= 4 is 5.91 Å². The Bertz CT molecular complexity index is 1170. The van der Waals surface area contributed by atoms with Gasteiger partial charge >= 0.3 is 0 Å². The Labute approximate surface area is 439 Å². The second kappa shape index (κ2) is 52.1. The Balaban J connectivity index is 2.14. The van der Waals surface area contributed by atoms with E-state index in [4.69, 9.17) is 9.47 Å². The van der Waals surface area contributed by atoms with Gasteiger partial charge in [0, 0.05) is 6.42 Å². The van der Waals surface area contributed by atoms with Gasteiger partial charge in [-0.3, -0.25) is 4.79 Å². The second-order valence-corrected chi connectivity index (χ2v) is 21.9. The first-order chi connectivity index (χ1) is 34.8. The molecule has 0 spiro atoms. The number of allylic oxidation sites excluding steroid dienone is 3. The van der Waals surface area contributed by atoms with Crippen LogP contribution in [0.15, 0.2) is 24.3 Å². The van der Waals surface area contributed by atoms with Gasteiger partial charge in [-0.1, -0.05) is 295 Å². The fraction of sp³-hybridized carbons (Fsp3) is 0.919. The number of aliphatic hydroxyl groups is 5. The van der Waals surface area contributed by atoms with Gasteiger partial charge in [-0.25, -0.2) is 0 Å². The Kier molecular flexibility index (Phi) is 49.7. The Hall–Kier alpha value is -1.33. The van der Waals surface area contributed by atoms with E-state index in [0.29, 0.717) is 6.42 Å². The van der Waals surface area contributed by atoms with Crippen molar-refractivity contribution in [2.45, 2.75) is 352 Å². The third-order valence-electron chi connectivity index (χ3n) is 15.0.